The molecular formula is C11H15NO4. The molecule has 0 radical (unpaired) electrons. The molecule has 2 rings (SSSR count). The average Bonchev–Trinajstić information content (AvgIpc) is 2.83. The van der Waals surface area contributed by atoms with E-state index in [0.717, 1.165) is 0 Å². The van der Waals surface area contributed by atoms with Crippen LogP contribution in [0.15, 0.2) is 22.8 Å². The van der Waals surface area contributed by atoms with Gasteiger partial charge in [-0.2, -0.15) is 0 Å². The number of ketones is 1. The number of ether oxygens (including phenoxy) is 1. The summed E-state index contributed by atoms with van der Waals surface area (Å²) < 4.78 is 10.3. The van der Waals surface area contributed by atoms with Crippen molar-refractivity contribution in [2.45, 2.75) is 6.04 Å². The Hall–Kier alpha value is -1.17. The highest BCUT2D eigenvalue weighted by Crippen LogP contribution is 2.09. The fourth-order valence-electron chi connectivity index (χ4n) is 1.77. The van der Waals surface area contributed by atoms with Crippen molar-refractivity contribution in [3.05, 3.63) is 24.2 Å². The Morgan fingerprint density at radius 3 is 3.19 bits per heavy atom. The fourth-order valence-corrected chi connectivity index (χ4v) is 1.77. The van der Waals surface area contributed by atoms with Crippen molar-refractivity contribution in [1.82, 2.24) is 4.90 Å². The summed E-state index contributed by atoms with van der Waals surface area (Å²) in [5.41, 5.74) is 0. The predicted octanol–water partition coefficient (Wildman–Crippen LogP) is 0.155. The number of hydrogen-bond donors (Lipinski definition) is 1. The zero-order valence-corrected chi connectivity index (χ0v) is 8.96. The summed E-state index contributed by atoms with van der Waals surface area (Å²) in [7, 11) is 0. The topological polar surface area (TPSA) is 62.9 Å². The zero-order valence-electron chi connectivity index (χ0n) is 8.96. The Morgan fingerprint density at radius 1 is 1.62 bits per heavy atom. The van der Waals surface area contributed by atoms with E-state index in [1.54, 1.807) is 12.1 Å². The van der Waals surface area contributed by atoms with Gasteiger partial charge in [-0.15, -0.1) is 0 Å². The molecule has 0 saturated carbocycles. The minimum Gasteiger partial charge on any atom is -0.461 e. The Kier molecular flexibility index (Phi) is 3.71. The van der Waals surface area contributed by atoms with Crippen molar-refractivity contribution in [3.8, 4) is 0 Å². The predicted molar refractivity (Wildman–Crippen MR) is 56.3 cm³/mol. The van der Waals surface area contributed by atoms with E-state index in [9.17, 15) is 4.79 Å². The number of Topliss-reactive ketones (excluding diaryl/α,β-unsaturated/α-hetero) is 1. The van der Waals surface area contributed by atoms with Gasteiger partial charge in [0.1, 0.15) is 0 Å². The molecule has 2 heterocycles. The van der Waals surface area contributed by atoms with Crippen molar-refractivity contribution in [1.29, 1.82) is 0 Å². The summed E-state index contributed by atoms with van der Waals surface area (Å²) in [6.45, 7) is 2.01. The van der Waals surface area contributed by atoms with Gasteiger partial charge in [-0.3, -0.25) is 9.69 Å². The van der Waals surface area contributed by atoms with E-state index in [0.29, 0.717) is 25.5 Å². The number of carbonyl (C=O) groups is 1. The van der Waals surface area contributed by atoms with Crippen LogP contribution < -0.4 is 0 Å². The van der Waals surface area contributed by atoms with Crippen LogP contribution in [0.3, 0.4) is 0 Å². The molecule has 1 aliphatic rings. The maximum absolute atomic E-state index is 11.8. The molecule has 16 heavy (non-hydrogen) atoms. The zero-order chi connectivity index (χ0) is 11.4. The number of rotatable bonds is 4. The molecular weight excluding hydrogens is 210 g/mol. The molecule has 0 bridgehead atoms. The van der Waals surface area contributed by atoms with E-state index in [-0.39, 0.29) is 25.0 Å². The molecule has 1 fully saturated rings. The molecule has 1 unspecified atom stereocenters. The van der Waals surface area contributed by atoms with Gasteiger partial charge in [-0.05, 0) is 12.1 Å². The molecule has 1 N–H and O–H groups in total. The quantitative estimate of drug-likeness (QED) is 0.739. The Bertz CT molecular complexity index is 336. The van der Waals surface area contributed by atoms with Gasteiger partial charge in [-0.1, -0.05) is 0 Å². The van der Waals surface area contributed by atoms with Crippen LogP contribution in [-0.2, 0) is 4.74 Å². The third kappa shape index (κ3) is 2.49. The van der Waals surface area contributed by atoms with Crippen molar-refractivity contribution in [2.24, 2.45) is 0 Å². The van der Waals surface area contributed by atoms with Gasteiger partial charge in [0.25, 0.3) is 0 Å². The van der Waals surface area contributed by atoms with Crippen LogP contribution in [0.1, 0.15) is 10.6 Å². The number of carbonyl (C=O) groups excluding carboxylic acids is 1. The first-order valence-corrected chi connectivity index (χ1v) is 5.30. The van der Waals surface area contributed by atoms with E-state index in [4.69, 9.17) is 14.3 Å². The third-order valence-electron chi connectivity index (χ3n) is 2.70. The number of hydrogen-bond acceptors (Lipinski definition) is 5. The van der Waals surface area contributed by atoms with Crippen molar-refractivity contribution in [2.75, 3.05) is 32.9 Å². The van der Waals surface area contributed by atoms with Gasteiger partial charge in [0.2, 0.25) is 5.78 Å². The van der Waals surface area contributed by atoms with Gasteiger partial charge in [0, 0.05) is 6.54 Å². The van der Waals surface area contributed by atoms with Gasteiger partial charge in [0.15, 0.2) is 5.76 Å². The first kappa shape index (κ1) is 11.3. The lowest BCUT2D eigenvalue weighted by Gasteiger charge is -2.33. The summed E-state index contributed by atoms with van der Waals surface area (Å²) in [4.78, 5) is 13.7. The third-order valence-corrected chi connectivity index (χ3v) is 2.70. The summed E-state index contributed by atoms with van der Waals surface area (Å²) in [6, 6.07) is 3.25. The molecule has 1 saturated heterocycles. The molecule has 1 aliphatic heterocycles. The lowest BCUT2D eigenvalue weighted by atomic mass is 10.2. The highest BCUT2D eigenvalue weighted by Gasteiger charge is 2.25. The van der Waals surface area contributed by atoms with Crippen molar-refractivity contribution >= 4 is 5.78 Å². The Balaban J connectivity index is 1.95. The van der Waals surface area contributed by atoms with Crippen LogP contribution in [0, 0.1) is 0 Å². The maximum atomic E-state index is 11.8. The molecule has 5 heteroatoms. The summed E-state index contributed by atoms with van der Waals surface area (Å²) in [6.07, 6.45) is 1.48. The monoisotopic (exact) mass is 225 g/mol. The second kappa shape index (κ2) is 5.25. The van der Waals surface area contributed by atoms with Gasteiger partial charge in [-0.25, -0.2) is 0 Å². The summed E-state index contributed by atoms with van der Waals surface area (Å²) in [5.74, 6) is 0.300. The molecule has 0 aromatic carbocycles. The van der Waals surface area contributed by atoms with Gasteiger partial charge >= 0.3 is 0 Å². The van der Waals surface area contributed by atoms with E-state index in [2.05, 4.69) is 0 Å². The van der Waals surface area contributed by atoms with Crippen LogP contribution in [-0.4, -0.2) is 54.7 Å². The number of aliphatic hydroxyl groups is 1. The fraction of sp³-hybridized carbons (Fsp3) is 0.545. The van der Waals surface area contributed by atoms with Gasteiger partial charge < -0.3 is 14.3 Å². The molecule has 1 aromatic heterocycles. The Morgan fingerprint density at radius 2 is 2.50 bits per heavy atom. The largest absolute Gasteiger partial charge is 0.461 e. The van der Waals surface area contributed by atoms with Crippen LogP contribution >= 0.6 is 0 Å². The maximum Gasteiger partial charge on any atom is 0.211 e. The van der Waals surface area contributed by atoms with Crippen LogP contribution in [0.2, 0.25) is 0 Å². The second-order valence-corrected chi connectivity index (χ2v) is 3.78. The highest BCUT2D eigenvalue weighted by atomic mass is 16.5. The molecule has 0 spiro atoms. The summed E-state index contributed by atoms with van der Waals surface area (Å²) in [5, 5.41) is 9.15. The lowest BCUT2D eigenvalue weighted by Crippen LogP contribution is -2.49. The van der Waals surface area contributed by atoms with Gasteiger partial charge in [0.05, 0.1) is 38.7 Å². The van der Waals surface area contributed by atoms with E-state index in [1.165, 1.54) is 6.26 Å². The second-order valence-electron chi connectivity index (χ2n) is 3.78. The molecule has 0 aliphatic carbocycles. The number of aliphatic hydroxyl groups excluding tert-OH is 1. The highest BCUT2D eigenvalue weighted by molar-refractivity contribution is 5.95. The summed E-state index contributed by atoms with van der Waals surface area (Å²) >= 11 is 0. The van der Waals surface area contributed by atoms with Crippen molar-refractivity contribution in [3.63, 3.8) is 0 Å². The first-order valence-electron chi connectivity index (χ1n) is 5.30. The number of morpholine rings is 1. The first-order chi connectivity index (χ1) is 7.81. The smallest absolute Gasteiger partial charge is 0.211 e. The standard InChI is InChI=1S/C11H15NO4/c13-7-9-8-15-5-3-12(9)6-10(14)11-2-1-4-16-11/h1-2,4,9,13H,3,5-8H2. The molecule has 1 atom stereocenters. The van der Waals surface area contributed by atoms with E-state index >= 15 is 0 Å². The van der Waals surface area contributed by atoms with Crippen molar-refractivity contribution < 1.29 is 19.1 Å². The number of furan rings is 1. The van der Waals surface area contributed by atoms with E-state index in [1.807, 2.05) is 4.90 Å². The minimum absolute atomic E-state index is 0.00539. The molecule has 1 aromatic rings. The van der Waals surface area contributed by atoms with E-state index < -0.39 is 0 Å². The van der Waals surface area contributed by atoms with Crippen LogP contribution in [0.25, 0.3) is 0 Å². The molecule has 0 amide bonds. The Labute approximate surface area is 93.6 Å². The van der Waals surface area contributed by atoms with Crippen LogP contribution in [0.4, 0.5) is 0 Å². The lowest BCUT2D eigenvalue weighted by molar-refractivity contribution is -0.0243. The molecule has 5 nitrogen and oxygen atoms in total. The normalized spacial score (nSPS) is 22.2. The van der Waals surface area contributed by atoms with Crippen LogP contribution in [0.5, 0.6) is 0 Å². The number of nitrogens with zero attached hydrogens (tertiary/aromatic N) is 1. The SMILES string of the molecule is O=C(CN1CCOCC1CO)c1ccco1. The minimum atomic E-state index is -0.0901. The average molecular weight is 225 g/mol. The molecule has 88 valence electrons.